The predicted octanol–water partition coefficient (Wildman–Crippen LogP) is -2.24. The molecule has 2 aromatic heterocycles. The molecule has 8 nitrogen and oxygen atoms in total. The van der Waals surface area contributed by atoms with Crippen LogP contribution in [0.15, 0.2) is 17.3 Å². The fourth-order valence-electron chi connectivity index (χ4n) is 2.61. The molecular weight excluding hydrogens is 252 g/mol. The molecule has 3 heterocycles. The van der Waals surface area contributed by atoms with Crippen LogP contribution in [0, 0.1) is 0 Å². The molecule has 0 aromatic carbocycles. The molecule has 0 amide bonds. The second kappa shape index (κ2) is 4.14. The summed E-state index contributed by atoms with van der Waals surface area (Å²) in [5, 5.41) is 32.3. The predicted molar refractivity (Wildman–Crippen MR) is 65.5 cm³/mol. The minimum absolute atomic E-state index is 0.150. The molecule has 102 valence electrons. The van der Waals surface area contributed by atoms with Gasteiger partial charge in [0.2, 0.25) is 0 Å². The summed E-state index contributed by atoms with van der Waals surface area (Å²) >= 11 is 0. The molecule has 0 bridgehead atoms. The second-order valence-electron chi connectivity index (χ2n) is 4.68. The maximum absolute atomic E-state index is 11.6. The molecule has 3 atom stereocenters. The molecule has 6 N–H and O–H groups in total. The number of aliphatic hydroxyl groups is 3. The van der Waals surface area contributed by atoms with E-state index in [2.05, 4.69) is 20.3 Å². The molecule has 0 radical (unpaired) electrons. The minimum atomic E-state index is -1.22. The first-order valence-corrected chi connectivity index (χ1v) is 5.87. The zero-order chi connectivity index (χ0) is 13.6. The molecular formula is C11H14N4O4. The summed E-state index contributed by atoms with van der Waals surface area (Å²) in [7, 11) is 0. The molecule has 1 fully saturated rings. The van der Waals surface area contributed by atoms with Crippen molar-refractivity contribution in [1.29, 1.82) is 0 Å². The van der Waals surface area contributed by atoms with Gasteiger partial charge in [0, 0.05) is 18.3 Å². The van der Waals surface area contributed by atoms with E-state index < -0.39 is 24.4 Å². The Labute approximate surface area is 107 Å². The summed E-state index contributed by atoms with van der Waals surface area (Å²) in [6, 6.07) is 0. The van der Waals surface area contributed by atoms with E-state index >= 15 is 0 Å². The van der Waals surface area contributed by atoms with Gasteiger partial charge in [0.15, 0.2) is 0 Å². The summed E-state index contributed by atoms with van der Waals surface area (Å²) in [6.45, 7) is -0.274. The van der Waals surface area contributed by atoms with Crippen molar-refractivity contribution in [2.24, 2.45) is 0 Å². The van der Waals surface area contributed by atoms with E-state index in [1.165, 1.54) is 12.5 Å². The summed E-state index contributed by atoms with van der Waals surface area (Å²) in [6.07, 6.45) is 0.596. The van der Waals surface area contributed by atoms with E-state index in [9.17, 15) is 20.1 Å². The molecule has 1 aliphatic rings. The van der Waals surface area contributed by atoms with Crippen LogP contribution in [0.4, 0.5) is 0 Å². The fraction of sp³-hybridized carbons (Fsp3) is 0.455. The number of β-amino-alcohol motifs (C(OH)–C–C–N with tert-alkyl or cyclic N) is 1. The molecule has 8 heteroatoms. The summed E-state index contributed by atoms with van der Waals surface area (Å²) < 4.78 is 0. The van der Waals surface area contributed by atoms with E-state index in [0.29, 0.717) is 11.1 Å². The molecule has 3 rings (SSSR count). The van der Waals surface area contributed by atoms with Crippen molar-refractivity contribution >= 4 is 11.0 Å². The van der Waals surface area contributed by atoms with E-state index in [1.807, 2.05) is 0 Å². The highest BCUT2D eigenvalue weighted by Crippen LogP contribution is 2.34. The zero-order valence-electron chi connectivity index (χ0n) is 9.92. The normalized spacial score (nSPS) is 31.1. The summed E-state index contributed by atoms with van der Waals surface area (Å²) in [5.41, 5.74) is -0.477. The molecule has 1 aliphatic heterocycles. The Morgan fingerprint density at radius 3 is 2.84 bits per heavy atom. The van der Waals surface area contributed by atoms with Gasteiger partial charge < -0.3 is 30.6 Å². The van der Waals surface area contributed by atoms with Gasteiger partial charge >= 0.3 is 0 Å². The van der Waals surface area contributed by atoms with Crippen molar-refractivity contribution in [2.75, 3.05) is 13.2 Å². The average Bonchev–Trinajstić information content (AvgIpc) is 2.96. The quantitative estimate of drug-likeness (QED) is 0.364. The summed E-state index contributed by atoms with van der Waals surface area (Å²) in [5.74, 6) is 0. The third-order valence-electron chi connectivity index (χ3n) is 3.70. The van der Waals surface area contributed by atoms with E-state index in [-0.39, 0.29) is 17.6 Å². The maximum atomic E-state index is 11.6. The number of aliphatic hydroxyl groups excluding tert-OH is 3. The van der Waals surface area contributed by atoms with Gasteiger partial charge in [-0.15, -0.1) is 0 Å². The van der Waals surface area contributed by atoms with E-state index in [0.717, 1.165) is 0 Å². The average molecular weight is 266 g/mol. The maximum Gasteiger partial charge on any atom is 0.275 e. The first-order chi connectivity index (χ1) is 9.10. The van der Waals surface area contributed by atoms with Crippen LogP contribution in [0.1, 0.15) is 5.56 Å². The Morgan fingerprint density at radius 2 is 2.21 bits per heavy atom. The van der Waals surface area contributed by atoms with Crippen molar-refractivity contribution in [3.63, 3.8) is 0 Å². The van der Waals surface area contributed by atoms with Gasteiger partial charge in [0.1, 0.15) is 17.1 Å². The van der Waals surface area contributed by atoms with Gasteiger partial charge in [-0.1, -0.05) is 0 Å². The van der Waals surface area contributed by atoms with Crippen molar-refractivity contribution in [3.8, 4) is 0 Å². The first kappa shape index (κ1) is 12.3. The number of hydrogen-bond acceptors (Lipinski definition) is 6. The van der Waals surface area contributed by atoms with E-state index in [4.69, 9.17) is 0 Å². The van der Waals surface area contributed by atoms with Gasteiger partial charge in [-0.05, 0) is 0 Å². The lowest BCUT2D eigenvalue weighted by atomic mass is 9.87. The number of fused-ring (bicyclic) bond motifs is 1. The molecule has 0 aliphatic carbocycles. The number of aromatic amines is 2. The van der Waals surface area contributed by atoms with Crippen LogP contribution in [0.5, 0.6) is 0 Å². The van der Waals surface area contributed by atoms with Crippen LogP contribution in [-0.4, -0.2) is 55.6 Å². The summed E-state index contributed by atoms with van der Waals surface area (Å²) in [4.78, 5) is 20.9. The fourth-order valence-corrected chi connectivity index (χ4v) is 2.61. The van der Waals surface area contributed by atoms with Crippen LogP contribution in [0.25, 0.3) is 11.0 Å². The topological polar surface area (TPSA) is 134 Å². The highest BCUT2D eigenvalue weighted by molar-refractivity contribution is 5.79. The van der Waals surface area contributed by atoms with Crippen LogP contribution >= 0.6 is 0 Å². The first-order valence-electron chi connectivity index (χ1n) is 5.87. The highest BCUT2D eigenvalue weighted by atomic mass is 16.3. The van der Waals surface area contributed by atoms with Gasteiger partial charge in [-0.3, -0.25) is 4.79 Å². The Kier molecular flexibility index (Phi) is 2.68. The Hall–Kier alpha value is -1.74. The smallest absolute Gasteiger partial charge is 0.275 e. The number of rotatable bonds is 2. The SMILES string of the molecule is O=c1[nH]cnc2c([C@]3(CO)NC[C@H](O)[C@@H]3O)c[nH]c12. The minimum Gasteiger partial charge on any atom is -0.394 e. The molecule has 0 unspecified atom stereocenters. The number of nitrogens with zero attached hydrogens (tertiary/aromatic N) is 1. The van der Waals surface area contributed by atoms with Gasteiger partial charge in [0.25, 0.3) is 5.56 Å². The van der Waals surface area contributed by atoms with Crippen LogP contribution in [-0.2, 0) is 5.54 Å². The lowest BCUT2D eigenvalue weighted by molar-refractivity contribution is -0.0105. The van der Waals surface area contributed by atoms with Crippen molar-refractivity contribution in [3.05, 3.63) is 28.4 Å². The van der Waals surface area contributed by atoms with E-state index in [1.54, 1.807) is 0 Å². The van der Waals surface area contributed by atoms with Crippen molar-refractivity contribution < 1.29 is 15.3 Å². The van der Waals surface area contributed by atoms with Crippen molar-refractivity contribution in [1.82, 2.24) is 20.3 Å². The zero-order valence-corrected chi connectivity index (χ0v) is 9.92. The molecule has 1 saturated heterocycles. The van der Waals surface area contributed by atoms with Gasteiger partial charge in [-0.25, -0.2) is 4.98 Å². The third kappa shape index (κ3) is 1.55. The Balaban J connectivity index is 2.23. The standard InChI is InChI=1S/C11H14N4O4/c16-3-11(9(18)6(17)2-15-11)5-1-12-8-7(5)13-4-14-10(8)19/h1,4,6,9,12,15-18H,2-3H2,(H,13,14,19)/t6-,9-,11-/m0/s1. The molecule has 2 aromatic rings. The van der Waals surface area contributed by atoms with Crippen LogP contribution in [0.2, 0.25) is 0 Å². The Bertz CT molecular complexity index is 666. The number of H-pyrrole nitrogens is 2. The monoisotopic (exact) mass is 266 g/mol. The lowest BCUT2D eigenvalue weighted by Gasteiger charge is -2.30. The van der Waals surface area contributed by atoms with Crippen LogP contribution in [0.3, 0.4) is 0 Å². The van der Waals surface area contributed by atoms with Gasteiger partial charge in [0.05, 0.1) is 24.6 Å². The largest absolute Gasteiger partial charge is 0.394 e. The lowest BCUT2D eigenvalue weighted by Crippen LogP contribution is -2.49. The van der Waals surface area contributed by atoms with Gasteiger partial charge in [-0.2, -0.15) is 0 Å². The highest BCUT2D eigenvalue weighted by Gasteiger charge is 2.49. The third-order valence-corrected chi connectivity index (χ3v) is 3.70. The number of hydrogen-bond donors (Lipinski definition) is 6. The number of aromatic nitrogens is 3. The molecule has 19 heavy (non-hydrogen) atoms. The van der Waals surface area contributed by atoms with Crippen molar-refractivity contribution in [2.45, 2.75) is 17.7 Å². The Morgan fingerprint density at radius 1 is 1.42 bits per heavy atom. The van der Waals surface area contributed by atoms with Crippen LogP contribution < -0.4 is 10.9 Å². The molecule has 0 saturated carbocycles. The second-order valence-corrected chi connectivity index (χ2v) is 4.68. The molecule has 0 spiro atoms. The number of nitrogens with one attached hydrogen (secondary N) is 3.